The van der Waals surface area contributed by atoms with Gasteiger partial charge in [0, 0.05) is 23.8 Å². The van der Waals surface area contributed by atoms with Crippen LogP contribution in [0, 0.1) is 6.92 Å². The molecule has 0 spiro atoms. The Hall–Kier alpha value is -2.94. The third-order valence-electron chi connectivity index (χ3n) is 6.38. The quantitative estimate of drug-likeness (QED) is 0.486. The SMILES string of the molecule is Cc1nc([C@H]2CC[C@@H](c3nnc4n3-c3ccc(Cl)cc3CN(C(=O)OC(C)(C)C)C4)CC2)no1. The summed E-state index contributed by atoms with van der Waals surface area (Å²) in [6, 6.07) is 5.76. The van der Waals surface area contributed by atoms with E-state index in [1.807, 2.05) is 45.9 Å². The van der Waals surface area contributed by atoms with E-state index in [2.05, 4.69) is 24.9 Å². The lowest BCUT2D eigenvalue weighted by molar-refractivity contribution is 0.0214. The van der Waals surface area contributed by atoms with Gasteiger partial charge in [-0.05, 0) is 70.2 Å². The molecule has 2 aliphatic rings. The molecule has 0 bridgehead atoms. The summed E-state index contributed by atoms with van der Waals surface area (Å²) in [4.78, 5) is 19.0. The summed E-state index contributed by atoms with van der Waals surface area (Å²) in [7, 11) is 0. The summed E-state index contributed by atoms with van der Waals surface area (Å²) in [6.45, 7) is 8.10. The zero-order valence-corrected chi connectivity index (χ0v) is 20.7. The number of benzene rings is 1. The second-order valence-electron chi connectivity index (χ2n) is 10.1. The van der Waals surface area contributed by atoms with E-state index in [9.17, 15) is 4.79 Å². The Labute approximate surface area is 203 Å². The van der Waals surface area contributed by atoms with E-state index in [0.29, 0.717) is 29.9 Å². The number of hydrogen-bond acceptors (Lipinski definition) is 7. The van der Waals surface area contributed by atoms with Gasteiger partial charge in [-0.2, -0.15) is 4.98 Å². The molecule has 1 saturated carbocycles. The van der Waals surface area contributed by atoms with Crippen molar-refractivity contribution in [1.82, 2.24) is 29.8 Å². The second kappa shape index (κ2) is 8.69. The summed E-state index contributed by atoms with van der Waals surface area (Å²) in [5.41, 5.74) is 1.31. The number of carbonyl (C=O) groups excluding carboxylic acids is 1. The van der Waals surface area contributed by atoms with Crippen molar-refractivity contribution in [2.24, 2.45) is 0 Å². The number of fused-ring (bicyclic) bond motifs is 3. The molecule has 1 fully saturated rings. The molecule has 0 unspecified atom stereocenters. The standard InChI is InChI=1S/C24H29ClN6O3/c1-14-26-21(29-34-14)15-5-7-16(8-6-15)22-28-27-20-13-30(23(32)33-24(2,3)4)12-17-11-18(25)9-10-19(17)31(20)22/h9-11,15-16H,5-8,12-13H2,1-4H3/t15-,16+. The fraction of sp³-hybridized carbons (Fsp3) is 0.542. The summed E-state index contributed by atoms with van der Waals surface area (Å²) in [5.74, 6) is 3.59. The monoisotopic (exact) mass is 484 g/mol. The van der Waals surface area contributed by atoms with Crippen molar-refractivity contribution in [3.05, 3.63) is 52.1 Å². The molecule has 1 aliphatic heterocycles. The van der Waals surface area contributed by atoms with Gasteiger partial charge in [0.25, 0.3) is 0 Å². The summed E-state index contributed by atoms with van der Waals surface area (Å²) >= 11 is 6.33. The first-order chi connectivity index (χ1) is 16.2. The number of amides is 1. The number of nitrogens with zero attached hydrogens (tertiary/aromatic N) is 6. The zero-order chi connectivity index (χ0) is 24.0. The lowest BCUT2D eigenvalue weighted by atomic mass is 9.81. The average molecular weight is 485 g/mol. The number of halogens is 1. The van der Waals surface area contributed by atoms with Crippen LogP contribution in [0.5, 0.6) is 0 Å². The predicted octanol–water partition coefficient (Wildman–Crippen LogP) is 5.30. The topological polar surface area (TPSA) is 99.2 Å². The Kier molecular flexibility index (Phi) is 5.83. The first-order valence-electron chi connectivity index (χ1n) is 11.7. The maximum atomic E-state index is 12.9. The van der Waals surface area contributed by atoms with E-state index in [1.54, 1.807) is 4.90 Å². The fourth-order valence-electron chi connectivity index (χ4n) is 4.84. The molecule has 1 aliphatic carbocycles. The van der Waals surface area contributed by atoms with Crippen LogP contribution in [0.2, 0.25) is 5.02 Å². The third kappa shape index (κ3) is 4.53. The molecule has 3 aromatic rings. The lowest BCUT2D eigenvalue weighted by Crippen LogP contribution is -2.35. The second-order valence-corrected chi connectivity index (χ2v) is 10.6. The van der Waals surface area contributed by atoms with Gasteiger partial charge >= 0.3 is 6.09 Å². The van der Waals surface area contributed by atoms with Crippen molar-refractivity contribution in [1.29, 1.82) is 0 Å². The van der Waals surface area contributed by atoms with Crippen molar-refractivity contribution in [2.45, 2.75) is 83.9 Å². The molecule has 0 saturated heterocycles. The van der Waals surface area contributed by atoms with Crippen LogP contribution in [0.1, 0.15) is 87.2 Å². The predicted molar refractivity (Wildman–Crippen MR) is 125 cm³/mol. The summed E-state index contributed by atoms with van der Waals surface area (Å²) < 4.78 is 12.9. The van der Waals surface area contributed by atoms with E-state index in [1.165, 1.54) is 0 Å². The molecule has 0 N–H and O–H groups in total. The molecular weight excluding hydrogens is 456 g/mol. The highest BCUT2D eigenvalue weighted by Crippen LogP contribution is 2.40. The average Bonchev–Trinajstić information content (AvgIpc) is 3.35. The zero-order valence-electron chi connectivity index (χ0n) is 19.9. The molecule has 180 valence electrons. The maximum absolute atomic E-state index is 12.9. The molecule has 0 atom stereocenters. The van der Waals surface area contributed by atoms with Crippen LogP contribution in [0.3, 0.4) is 0 Å². The van der Waals surface area contributed by atoms with Gasteiger partial charge in [-0.1, -0.05) is 16.8 Å². The molecule has 3 heterocycles. The van der Waals surface area contributed by atoms with Crippen molar-refractivity contribution < 1.29 is 14.1 Å². The molecule has 5 rings (SSSR count). The molecule has 0 radical (unpaired) electrons. The molecule has 1 amide bonds. The number of aryl methyl sites for hydroxylation is 1. The van der Waals surface area contributed by atoms with E-state index in [0.717, 1.165) is 54.4 Å². The van der Waals surface area contributed by atoms with Gasteiger partial charge in [0.15, 0.2) is 11.6 Å². The minimum absolute atomic E-state index is 0.252. The smallest absolute Gasteiger partial charge is 0.411 e. The Bertz CT molecular complexity index is 1210. The van der Waals surface area contributed by atoms with Crippen LogP contribution in [-0.2, 0) is 17.8 Å². The van der Waals surface area contributed by atoms with Crippen molar-refractivity contribution in [3.8, 4) is 5.69 Å². The molecular formula is C24H29ClN6O3. The Morgan fingerprint density at radius 3 is 2.53 bits per heavy atom. The molecule has 34 heavy (non-hydrogen) atoms. The Balaban J connectivity index is 1.44. The van der Waals surface area contributed by atoms with Gasteiger partial charge in [-0.15, -0.1) is 10.2 Å². The van der Waals surface area contributed by atoms with E-state index in [4.69, 9.17) is 20.9 Å². The van der Waals surface area contributed by atoms with Crippen LogP contribution < -0.4 is 0 Å². The molecule has 10 heteroatoms. The minimum atomic E-state index is -0.588. The highest BCUT2D eigenvalue weighted by molar-refractivity contribution is 6.30. The number of carbonyl (C=O) groups is 1. The van der Waals surface area contributed by atoms with E-state index in [-0.39, 0.29) is 12.0 Å². The summed E-state index contributed by atoms with van der Waals surface area (Å²) in [5, 5.41) is 13.9. The minimum Gasteiger partial charge on any atom is -0.444 e. The van der Waals surface area contributed by atoms with Crippen LogP contribution >= 0.6 is 11.6 Å². The lowest BCUT2D eigenvalue weighted by Gasteiger charge is -2.26. The van der Waals surface area contributed by atoms with Gasteiger partial charge in [0.1, 0.15) is 11.4 Å². The van der Waals surface area contributed by atoms with Gasteiger partial charge in [-0.3, -0.25) is 9.47 Å². The van der Waals surface area contributed by atoms with Crippen molar-refractivity contribution in [3.63, 3.8) is 0 Å². The number of hydrogen-bond donors (Lipinski definition) is 0. The van der Waals surface area contributed by atoms with Gasteiger partial charge < -0.3 is 9.26 Å². The van der Waals surface area contributed by atoms with Crippen LogP contribution in [0.15, 0.2) is 22.7 Å². The van der Waals surface area contributed by atoms with Crippen molar-refractivity contribution >= 4 is 17.7 Å². The van der Waals surface area contributed by atoms with Gasteiger partial charge in [0.2, 0.25) is 5.89 Å². The maximum Gasteiger partial charge on any atom is 0.411 e. The Morgan fingerprint density at radius 1 is 1.12 bits per heavy atom. The van der Waals surface area contributed by atoms with E-state index < -0.39 is 5.60 Å². The largest absolute Gasteiger partial charge is 0.444 e. The Morgan fingerprint density at radius 2 is 1.85 bits per heavy atom. The molecule has 2 aromatic heterocycles. The highest BCUT2D eigenvalue weighted by Gasteiger charge is 2.34. The van der Waals surface area contributed by atoms with Crippen LogP contribution in [-0.4, -0.2) is 41.5 Å². The number of ether oxygens (including phenoxy) is 1. The number of aromatic nitrogens is 5. The van der Waals surface area contributed by atoms with Gasteiger partial charge in [0.05, 0.1) is 18.8 Å². The van der Waals surface area contributed by atoms with E-state index >= 15 is 0 Å². The first-order valence-corrected chi connectivity index (χ1v) is 12.1. The molecule has 1 aromatic carbocycles. The summed E-state index contributed by atoms with van der Waals surface area (Å²) in [6.07, 6.45) is 3.45. The molecule has 9 nitrogen and oxygen atoms in total. The third-order valence-corrected chi connectivity index (χ3v) is 6.62. The van der Waals surface area contributed by atoms with Crippen molar-refractivity contribution in [2.75, 3.05) is 0 Å². The fourth-order valence-corrected chi connectivity index (χ4v) is 5.03. The number of rotatable bonds is 2. The first kappa shape index (κ1) is 22.8. The van der Waals surface area contributed by atoms with Gasteiger partial charge in [-0.25, -0.2) is 4.79 Å². The van der Waals surface area contributed by atoms with Crippen LogP contribution in [0.4, 0.5) is 4.79 Å². The highest BCUT2D eigenvalue weighted by atomic mass is 35.5. The van der Waals surface area contributed by atoms with Crippen LogP contribution in [0.25, 0.3) is 5.69 Å². The normalized spacial score (nSPS) is 20.4.